The average Bonchev–Trinajstić information content (AvgIpc) is 2.87. The monoisotopic (exact) mass is 311 g/mol. The second-order valence-electron chi connectivity index (χ2n) is 4.86. The van der Waals surface area contributed by atoms with E-state index in [0.717, 1.165) is 29.7 Å². The Kier molecular flexibility index (Phi) is 2.89. The Balaban J connectivity index is 1.78. The van der Waals surface area contributed by atoms with E-state index in [9.17, 15) is 4.79 Å². The molecule has 2 fully saturated rings. The van der Waals surface area contributed by atoms with Crippen LogP contribution in [0.25, 0.3) is 0 Å². The first-order valence-electron chi connectivity index (χ1n) is 6.00. The Hall–Kier alpha value is -1.30. The molecule has 0 aromatic carbocycles. The first-order valence-corrected chi connectivity index (χ1v) is 6.79. The van der Waals surface area contributed by atoms with E-state index in [4.69, 9.17) is 5.11 Å². The number of rotatable bonds is 1. The van der Waals surface area contributed by atoms with Crippen molar-refractivity contribution in [3.05, 3.63) is 22.9 Å². The predicted molar refractivity (Wildman–Crippen MR) is 70.8 cm³/mol. The van der Waals surface area contributed by atoms with E-state index in [1.807, 2.05) is 12.3 Å². The maximum Gasteiger partial charge on any atom is 0.407 e. The fraction of sp³-hybridized carbons (Fsp3) is 0.500. The molecule has 5 nitrogen and oxygen atoms in total. The number of amides is 1. The molecule has 3 rings (SSSR count). The number of hydrogen-bond acceptors (Lipinski definition) is 3. The van der Waals surface area contributed by atoms with E-state index in [0.29, 0.717) is 12.5 Å². The number of nitrogens with zero attached hydrogens (tertiary/aromatic N) is 3. The third-order valence-corrected chi connectivity index (χ3v) is 4.28. The number of halogens is 1. The second-order valence-corrected chi connectivity index (χ2v) is 5.77. The molecule has 18 heavy (non-hydrogen) atoms. The van der Waals surface area contributed by atoms with Gasteiger partial charge in [-0.05, 0) is 28.4 Å². The first-order chi connectivity index (χ1) is 8.65. The first kappa shape index (κ1) is 11.8. The van der Waals surface area contributed by atoms with Crippen LogP contribution in [0, 0.1) is 5.92 Å². The zero-order valence-electron chi connectivity index (χ0n) is 9.79. The van der Waals surface area contributed by atoms with Gasteiger partial charge in [0.15, 0.2) is 0 Å². The van der Waals surface area contributed by atoms with Crippen molar-refractivity contribution in [1.29, 1.82) is 0 Å². The van der Waals surface area contributed by atoms with Crippen molar-refractivity contribution >= 4 is 27.7 Å². The Morgan fingerprint density at radius 2 is 2.28 bits per heavy atom. The lowest BCUT2D eigenvalue weighted by Gasteiger charge is -2.23. The number of carboxylic acid groups (broad SMARTS) is 1. The van der Waals surface area contributed by atoms with Gasteiger partial charge < -0.3 is 14.9 Å². The highest BCUT2D eigenvalue weighted by molar-refractivity contribution is 9.10. The SMILES string of the molecule is O=C(O)N1CC[C@@H]2CN(c3cncc(Br)c3)C[C@@H]21. The van der Waals surface area contributed by atoms with Crippen LogP contribution in [0.5, 0.6) is 0 Å². The molecule has 0 radical (unpaired) electrons. The van der Waals surface area contributed by atoms with Crippen molar-refractivity contribution in [3.8, 4) is 0 Å². The molecular weight excluding hydrogens is 298 g/mol. The van der Waals surface area contributed by atoms with Gasteiger partial charge in [0.1, 0.15) is 0 Å². The van der Waals surface area contributed by atoms with Gasteiger partial charge in [-0.1, -0.05) is 0 Å². The van der Waals surface area contributed by atoms with Crippen LogP contribution in [0.1, 0.15) is 6.42 Å². The smallest absolute Gasteiger partial charge is 0.407 e. The summed E-state index contributed by atoms with van der Waals surface area (Å²) in [6.07, 6.45) is 3.76. The van der Waals surface area contributed by atoms with Gasteiger partial charge in [-0.3, -0.25) is 4.98 Å². The highest BCUT2D eigenvalue weighted by Crippen LogP contribution is 2.34. The minimum Gasteiger partial charge on any atom is -0.465 e. The van der Waals surface area contributed by atoms with Crippen molar-refractivity contribution in [2.24, 2.45) is 5.92 Å². The fourth-order valence-corrected chi connectivity index (χ4v) is 3.34. The van der Waals surface area contributed by atoms with Crippen LogP contribution in [0.3, 0.4) is 0 Å². The largest absolute Gasteiger partial charge is 0.465 e. The van der Waals surface area contributed by atoms with E-state index < -0.39 is 6.09 Å². The fourth-order valence-electron chi connectivity index (χ4n) is 2.98. The minimum atomic E-state index is -0.795. The maximum atomic E-state index is 11.1. The molecule has 0 saturated carbocycles. The molecule has 0 spiro atoms. The molecule has 0 aliphatic carbocycles. The molecule has 2 aliphatic heterocycles. The summed E-state index contributed by atoms with van der Waals surface area (Å²) in [4.78, 5) is 19.1. The molecule has 3 heterocycles. The van der Waals surface area contributed by atoms with E-state index in [-0.39, 0.29) is 6.04 Å². The maximum absolute atomic E-state index is 11.1. The topological polar surface area (TPSA) is 56.7 Å². The summed E-state index contributed by atoms with van der Waals surface area (Å²) in [6.45, 7) is 2.37. The van der Waals surface area contributed by atoms with Gasteiger partial charge >= 0.3 is 6.09 Å². The zero-order valence-corrected chi connectivity index (χ0v) is 11.4. The molecule has 96 valence electrons. The normalized spacial score (nSPS) is 26.5. The Morgan fingerprint density at radius 1 is 1.44 bits per heavy atom. The zero-order chi connectivity index (χ0) is 12.7. The Bertz CT molecular complexity index is 482. The molecule has 1 aromatic heterocycles. The van der Waals surface area contributed by atoms with Crippen LogP contribution in [0.15, 0.2) is 22.9 Å². The molecule has 1 amide bonds. The summed E-state index contributed by atoms with van der Waals surface area (Å²) in [5, 5.41) is 9.15. The molecule has 1 N–H and O–H groups in total. The molecule has 2 saturated heterocycles. The summed E-state index contributed by atoms with van der Waals surface area (Å²) in [5.41, 5.74) is 1.06. The van der Waals surface area contributed by atoms with Gasteiger partial charge in [-0.15, -0.1) is 0 Å². The Labute approximate surface area is 114 Å². The van der Waals surface area contributed by atoms with E-state index >= 15 is 0 Å². The van der Waals surface area contributed by atoms with Crippen LogP contribution in [0.2, 0.25) is 0 Å². The second kappa shape index (κ2) is 4.42. The third kappa shape index (κ3) is 1.94. The lowest BCUT2D eigenvalue weighted by Crippen LogP contribution is -2.38. The number of fused-ring (bicyclic) bond motifs is 1. The highest BCUT2D eigenvalue weighted by atomic mass is 79.9. The predicted octanol–water partition coefficient (Wildman–Crippen LogP) is 2.03. The van der Waals surface area contributed by atoms with Crippen LogP contribution >= 0.6 is 15.9 Å². The number of likely N-dealkylation sites (tertiary alicyclic amines) is 1. The minimum absolute atomic E-state index is 0.140. The standard InChI is InChI=1S/C12H14BrN3O2/c13-9-3-10(5-14-4-9)15-6-8-1-2-16(12(17)18)11(8)7-15/h3-5,8,11H,1-2,6-7H2,(H,17,18)/t8-,11+/m1/s1. The van der Waals surface area contributed by atoms with E-state index in [1.54, 1.807) is 11.1 Å². The molecule has 1 aromatic rings. The average molecular weight is 312 g/mol. The van der Waals surface area contributed by atoms with Crippen molar-refractivity contribution in [1.82, 2.24) is 9.88 Å². The quantitative estimate of drug-likeness (QED) is 0.862. The molecule has 0 unspecified atom stereocenters. The molecule has 2 atom stereocenters. The lowest BCUT2D eigenvalue weighted by atomic mass is 10.1. The summed E-state index contributed by atoms with van der Waals surface area (Å²) >= 11 is 3.41. The van der Waals surface area contributed by atoms with Crippen LogP contribution < -0.4 is 4.90 Å². The number of anilines is 1. The van der Waals surface area contributed by atoms with Crippen molar-refractivity contribution in [3.63, 3.8) is 0 Å². The lowest BCUT2D eigenvalue weighted by molar-refractivity contribution is 0.140. The molecular formula is C12H14BrN3O2. The van der Waals surface area contributed by atoms with Crippen molar-refractivity contribution < 1.29 is 9.90 Å². The Morgan fingerprint density at radius 3 is 3.00 bits per heavy atom. The highest BCUT2D eigenvalue weighted by Gasteiger charge is 2.43. The molecule has 0 bridgehead atoms. The number of carbonyl (C=O) groups is 1. The van der Waals surface area contributed by atoms with Crippen LogP contribution in [-0.4, -0.2) is 46.8 Å². The van der Waals surface area contributed by atoms with Crippen LogP contribution in [0.4, 0.5) is 10.5 Å². The van der Waals surface area contributed by atoms with E-state index in [1.165, 1.54) is 0 Å². The van der Waals surface area contributed by atoms with Crippen molar-refractivity contribution in [2.75, 3.05) is 24.5 Å². The van der Waals surface area contributed by atoms with Crippen molar-refractivity contribution in [2.45, 2.75) is 12.5 Å². The van der Waals surface area contributed by atoms with Gasteiger partial charge in [0.25, 0.3) is 0 Å². The molecule has 2 aliphatic rings. The van der Waals surface area contributed by atoms with Gasteiger partial charge in [0, 0.05) is 36.2 Å². The third-order valence-electron chi connectivity index (χ3n) is 3.85. The molecule has 6 heteroatoms. The van der Waals surface area contributed by atoms with Gasteiger partial charge in [0.05, 0.1) is 17.9 Å². The summed E-state index contributed by atoms with van der Waals surface area (Å²) in [7, 11) is 0. The van der Waals surface area contributed by atoms with Gasteiger partial charge in [-0.25, -0.2) is 4.79 Å². The van der Waals surface area contributed by atoms with Gasteiger partial charge in [-0.2, -0.15) is 0 Å². The number of hydrogen-bond donors (Lipinski definition) is 1. The number of aromatic nitrogens is 1. The summed E-state index contributed by atoms with van der Waals surface area (Å²) < 4.78 is 0.951. The summed E-state index contributed by atoms with van der Waals surface area (Å²) in [6, 6.07) is 2.17. The number of pyridine rings is 1. The van der Waals surface area contributed by atoms with E-state index in [2.05, 4.69) is 25.8 Å². The van der Waals surface area contributed by atoms with Gasteiger partial charge in [0.2, 0.25) is 0 Å². The summed E-state index contributed by atoms with van der Waals surface area (Å²) in [5.74, 6) is 0.458. The van der Waals surface area contributed by atoms with Crippen LogP contribution in [-0.2, 0) is 0 Å².